The van der Waals surface area contributed by atoms with Gasteiger partial charge in [0.05, 0.1) is 0 Å². The SMILES string of the molecule is CC=C1C=[N+](C)C1=CCC. The first-order valence-corrected chi connectivity index (χ1v) is 3.74. The Morgan fingerprint density at radius 2 is 2.30 bits per heavy atom. The van der Waals surface area contributed by atoms with Crippen LogP contribution in [0.25, 0.3) is 0 Å². The second-order valence-corrected chi connectivity index (χ2v) is 2.48. The Bertz CT molecular complexity index is 219. The third-order valence-electron chi connectivity index (χ3n) is 1.72. The van der Waals surface area contributed by atoms with Crippen LogP contribution < -0.4 is 0 Å². The molecule has 0 saturated heterocycles. The molecular formula is C9H14N+. The molecule has 1 aliphatic rings. The van der Waals surface area contributed by atoms with E-state index in [0.717, 1.165) is 6.42 Å². The fraction of sp³-hybridized carbons (Fsp3) is 0.444. The lowest BCUT2D eigenvalue weighted by Gasteiger charge is -2.10. The first-order valence-electron chi connectivity index (χ1n) is 3.74. The highest BCUT2D eigenvalue weighted by molar-refractivity contribution is 5.85. The zero-order valence-electron chi connectivity index (χ0n) is 6.89. The minimum absolute atomic E-state index is 1.12. The van der Waals surface area contributed by atoms with Crippen molar-refractivity contribution in [3.63, 3.8) is 0 Å². The minimum atomic E-state index is 1.12. The maximum absolute atomic E-state index is 2.25. The molecule has 0 bridgehead atoms. The third-order valence-corrected chi connectivity index (χ3v) is 1.72. The quantitative estimate of drug-likeness (QED) is 0.485. The van der Waals surface area contributed by atoms with E-state index in [-0.39, 0.29) is 0 Å². The second kappa shape index (κ2) is 2.82. The summed E-state index contributed by atoms with van der Waals surface area (Å²) in [6, 6.07) is 0. The molecule has 1 aliphatic heterocycles. The largest absolute Gasteiger partial charge is 0.213 e. The van der Waals surface area contributed by atoms with E-state index in [1.165, 1.54) is 11.3 Å². The second-order valence-electron chi connectivity index (χ2n) is 2.48. The average molecular weight is 136 g/mol. The summed E-state index contributed by atoms with van der Waals surface area (Å²) >= 11 is 0. The highest BCUT2D eigenvalue weighted by Crippen LogP contribution is 2.16. The van der Waals surface area contributed by atoms with Gasteiger partial charge in [0.15, 0.2) is 6.21 Å². The summed E-state index contributed by atoms with van der Waals surface area (Å²) in [5.74, 6) is 0. The Hall–Kier alpha value is -0.850. The standard InChI is InChI=1S/C9H14N/c1-4-6-9-8(5-2)7-10(9)3/h5-7H,4H2,1-3H3/q+1. The highest BCUT2D eigenvalue weighted by atomic mass is 15.0. The van der Waals surface area contributed by atoms with Crippen LogP contribution in [0.15, 0.2) is 23.4 Å². The summed E-state index contributed by atoms with van der Waals surface area (Å²) < 4.78 is 2.15. The molecule has 0 spiro atoms. The lowest BCUT2D eigenvalue weighted by atomic mass is 10.1. The van der Waals surface area contributed by atoms with E-state index in [1.807, 2.05) is 0 Å². The Kier molecular flexibility index (Phi) is 2.05. The molecule has 1 heterocycles. The predicted octanol–water partition coefficient (Wildman–Crippen LogP) is 1.95. The van der Waals surface area contributed by atoms with Gasteiger partial charge in [-0.15, -0.1) is 0 Å². The molecule has 0 aromatic heterocycles. The Morgan fingerprint density at radius 3 is 2.70 bits per heavy atom. The van der Waals surface area contributed by atoms with Gasteiger partial charge in [0.1, 0.15) is 12.6 Å². The van der Waals surface area contributed by atoms with Gasteiger partial charge in [0.25, 0.3) is 0 Å². The van der Waals surface area contributed by atoms with Crippen molar-refractivity contribution in [2.24, 2.45) is 0 Å². The van der Waals surface area contributed by atoms with Crippen LogP contribution in [0.2, 0.25) is 0 Å². The molecular weight excluding hydrogens is 122 g/mol. The molecule has 1 heteroatoms. The Balaban J connectivity index is 2.83. The summed E-state index contributed by atoms with van der Waals surface area (Å²) in [7, 11) is 2.08. The lowest BCUT2D eigenvalue weighted by Crippen LogP contribution is -2.21. The minimum Gasteiger partial charge on any atom is -0.200 e. The molecule has 0 radical (unpaired) electrons. The molecule has 0 amide bonds. The van der Waals surface area contributed by atoms with Crippen LogP contribution in [0, 0.1) is 0 Å². The number of rotatable bonds is 1. The molecule has 0 atom stereocenters. The summed E-state index contributed by atoms with van der Waals surface area (Å²) in [6.45, 7) is 4.23. The normalized spacial score (nSPS) is 24.9. The monoisotopic (exact) mass is 136 g/mol. The Labute approximate surface area is 62.4 Å². The van der Waals surface area contributed by atoms with Gasteiger partial charge in [-0.3, -0.25) is 0 Å². The summed E-state index contributed by atoms with van der Waals surface area (Å²) in [6.07, 6.45) is 7.64. The molecule has 0 N–H and O–H groups in total. The average Bonchev–Trinajstić information content (AvgIpc) is 1.95. The number of hydrogen-bond donors (Lipinski definition) is 0. The molecule has 0 aliphatic carbocycles. The maximum Gasteiger partial charge on any atom is 0.213 e. The van der Waals surface area contributed by atoms with Crippen molar-refractivity contribution < 1.29 is 4.58 Å². The first-order chi connectivity index (χ1) is 4.79. The van der Waals surface area contributed by atoms with Crippen molar-refractivity contribution in [1.82, 2.24) is 0 Å². The summed E-state index contributed by atoms with van der Waals surface area (Å²) in [4.78, 5) is 0. The van der Waals surface area contributed by atoms with E-state index in [2.05, 4.69) is 43.8 Å². The first kappa shape index (κ1) is 7.26. The maximum atomic E-state index is 2.25. The van der Waals surface area contributed by atoms with E-state index in [0.29, 0.717) is 0 Å². The van der Waals surface area contributed by atoms with Crippen molar-refractivity contribution in [3.8, 4) is 0 Å². The van der Waals surface area contributed by atoms with Crippen molar-refractivity contribution in [2.45, 2.75) is 20.3 Å². The zero-order valence-corrected chi connectivity index (χ0v) is 6.89. The van der Waals surface area contributed by atoms with Gasteiger partial charge in [-0.05, 0) is 19.4 Å². The van der Waals surface area contributed by atoms with Gasteiger partial charge < -0.3 is 0 Å². The van der Waals surface area contributed by atoms with E-state index >= 15 is 0 Å². The topological polar surface area (TPSA) is 3.01 Å². The van der Waals surface area contributed by atoms with E-state index in [4.69, 9.17) is 0 Å². The van der Waals surface area contributed by atoms with Gasteiger partial charge in [-0.1, -0.05) is 13.0 Å². The van der Waals surface area contributed by atoms with Crippen molar-refractivity contribution >= 4 is 6.21 Å². The number of hydrogen-bond acceptors (Lipinski definition) is 0. The lowest BCUT2D eigenvalue weighted by molar-refractivity contribution is -0.450. The highest BCUT2D eigenvalue weighted by Gasteiger charge is 2.23. The van der Waals surface area contributed by atoms with Gasteiger partial charge >= 0.3 is 0 Å². The van der Waals surface area contributed by atoms with E-state index in [1.54, 1.807) is 0 Å². The molecule has 0 fully saturated rings. The van der Waals surface area contributed by atoms with Gasteiger partial charge in [-0.2, -0.15) is 0 Å². The molecule has 0 unspecified atom stereocenters. The number of nitrogens with zero attached hydrogens (tertiary/aromatic N) is 1. The van der Waals surface area contributed by atoms with Gasteiger partial charge in [0, 0.05) is 0 Å². The zero-order chi connectivity index (χ0) is 7.56. The fourth-order valence-electron chi connectivity index (χ4n) is 1.16. The van der Waals surface area contributed by atoms with Crippen LogP contribution in [0.1, 0.15) is 20.3 Å². The van der Waals surface area contributed by atoms with Crippen LogP contribution in [0.4, 0.5) is 0 Å². The molecule has 0 aromatic carbocycles. The smallest absolute Gasteiger partial charge is 0.200 e. The van der Waals surface area contributed by atoms with Gasteiger partial charge in [-0.25, -0.2) is 4.58 Å². The van der Waals surface area contributed by atoms with Crippen LogP contribution in [-0.2, 0) is 0 Å². The molecule has 0 saturated carbocycles. The molecule has 1 nitrogen and oxygen atoms in total. The van der Waals surface area contributed by atoms with Crippen molar-refractivity contribution in [3.05, 3.63) is 23.4 Å². The molecule has 1 rings (SSSR count). The third kappa shape index (κ3) is 1.04. The number of allylic oxidation sites excluding steroid dienone is 3. The molecule has 10 heavy (non-hydrogen) atoms. The van der Waals surface area contributed by atoms with Crippen LogP contribution in [-0.4, -0.2) is 17.8 Å². The van der Waals surface area contributed by atoms with Crippen molar-refractivity contribution in [1.29, 1.82) is 0 Å². The predicted molar refractivity (Wildman–Crippen MR) is 44.4 cm³/mol. The van der Waals surface area contributed by atoms with E-state index in [9.17, 15) is 0 Å². The number of likely N-dealkylation sites (N-methyl/N-ethyl adjacent to an activating group) is 1. The molecule has 0 aromatic rings. The van der Waals surface area contributed by atoms with Crippen LogP contribution in [0.3, 0.4) is 0 Å². The van der Waals surface area contributed by atoms with Crippen LogP contribution >= 0.6 is 0 Å². The Morgan fingerprint density at radius 1 is 1.60 bits per heavy atom. The summed E-state index contributed by atoms with van der Waals surface area (Å²) in [5.41, 5.74) is 2.73. The van der Waals surface area contributed by atoms with E-state index < -0.39 is 0 Å². The fourth-order valence-corrected chi connectivity index (χ4v) is 1.16. The summed E-state index contributed by atoms with van der Waals surface area (Å²) in [5, 5.41) is 0. The van der Waals surface area contributed by atoms with Crippen LogP contribution in [0.5, 0.6) is 0 Å². The van der Waals surface area contributed by atoms with Gasteiger partial charge in [0.2, 0.25) is 5.70 Å². The molecule has 54 valence electrons. The van der Waals surface area contributed by atoms with Crippen molar-refractivity contribution in [2.75, 3.05) is 7.05 Å².